The standard InChI is InChI=1S/C16H31N3O/c1-15(2)12-6-7-13(10-12)16(15,3)18-14(20)11-17-8-9-19(4)5/h12-13,17H,6-11H2,1-5H3,(H,18,20)/t12-,13+,16-/m1/s1. The summed E-state index contributed by atoms with van der Waals surface area (Å²) in [5.41, 5.74) is 0.186. The van der Waals surface area contributed by atoms with Crippen LogP contribution < -0.4 is 10.6 Å². The lowest BCUT2D eigenvalue weighted by Crippen LogP contribution is -2.60. The summed E-state index contributed by atoms with van der Waals surface area (Å²) in [6.45, 7) is 9.16. The Labute approximate surface area is 123 Å². The molecular weight excluding hydrogens is 250 g/mol. The van der Waals surface area contributed by atoms with E-state index in [0.29, 0.717) is 12.5 Å². The summed E-state index contributed by atoms with van der Waals surface area (Å²) in [6.07, 6.45) is 3.90. The van der Waals surface area contributed by atoms with E-state index < -0.39 is 0 Å². The minimum atomic E-state index is -0.0315. The van der Waals surface area contributed by atoms with Crippen molar-refractivity contribution in [3.63, 3.8) is 0 Å². The van der Waals surface area contributed by atoms with Crippen LogP contribution in [0.4, 0.5) is 0 Å². The zero-order valence-corrected chi connectivity index (χ0v) is 13.8. The number of nitrogens with one attached hydrogen (secondary N) is 2. The van der Waals surface area contributed by atoms with Crippen LogP contribution in [0.1, 0.15) is 40.0 Å². The fourth-order valence-corrected chi connectivity index (χ4v) is 4.21. The Bertz CT molecular complexity index is 367. The molecule has 2 fully saturated rings. The molecule has 20 heavy (non-hydrogen) atoms. The number of hydrogen-bond acceptors (Lipinski definition) is 3. The first-order valence-electron chi connectivity index (χ1n) is 7.94. The number of rotatable bonds is 6. The minimum Gasteiger partial charge on any atom is -0.349 e. The summed E-state index contributed by atoms with van der Waals surface area (Å²) in [4.78, 5) is 14.3. The second-order valence-corrected chi connectivity index (χ2v) is 7.66. The average Bonchev–Trinajstić information content (AvgIpc) is 2.89. The summed E-state index contributed by atoms with van der Waals surface area (Å²) in [6, 6.07) is 0. The van der Waals surface area contributed by atoms with E-state index in [4.69, 9.17) is 0 Å². The van der Waals surface area contributed by atoms with Crippen LogP contribution in [0.3, 0.4) is 0 Å². The van der Waals surface area contributed by atoms with Crippen LogP contribution in [0, 0.1) is 17.3 Å². The highest BCUT2D eigenvalue weighted by Gasteiger charge is 2.60. The van der Waals surface area contributed by atoms with Crippen LogP contribution in [0.2, 0.25) is 0 Å². The molecule has 116 valence electrons. The number of nitrogens with zero attached hydrogens (tertiary/aromatic N) is 1. The first-order chi connectivity index (χ1) is 9.27. The lowest BCUT2D eigenvalue weighted by molar-refractivity contribution is -0.124. The third kappa shape index (κ3) is 2.73. The Kier molecular flexibility index (Phi) is 4.45. The first-order valence-corrected chi connectivity index (χ1v) is 7.94. The van der Waals surface area contributed by atoms with E-state index in [-0.39, 0.29) is 16.9 Å². The third-order valence-corrected chi connectivity index (χ3v) is 6.03. The van der Waals surface area contributed by atoms with Crippen molar-refractivity contribution in [2.45, 2.75) is 45.6 Å². The van der Waals surface area contributed by atoms with Crippen molar-refractivity contribution in [3.8, 4) is 0 Å². The molecule has 0 radical (unpaired) electrons. The molecule has 2 rings (SSSR count). The molecule has 0 aromatic carbocycles. The van der Waals surface area contributed by atoms with Gasteiger partial charge < -0.3 is 15.5 Å². The highest BCUT2D eigenvalue weighted by atomic mass is 16.2. The van der Waals surface area contributed by atoms with Crippen molar-refractivity contribution in [2.24, 2.45) is 17.3 Å². The Morgan fingerprint density at radius 3 is 2.40 bits per heavy atom. The van der Waals surface area contributed by atoms with Crippen molar-refractivity contribution >= 4 is 5.91 Å². The molecule has 4 heteroatoms. The molecule has 0 aliphatic heterocycles. The van der Waals surface area contributed by atoms with Crippen molar-refractivity contribution in [3.05, 3.63) is 0 Å². The quantitative estimate of drug-likeness (QED) is 0.725. The lowest BCUT2D eigenvalue weighted by atomic mass is 9.64. The van der Waals surface area contributed by atoms with Crippen LogP contribution in [0.25, 0.3) is 0 Å². The van der Waals surface area contributed by atoms with Gasteiger partial charge in [0.05, 0.1) is 6.54 Å². The van der Waals surface area contributed by atoms with E-state index >= 15 is 0 Å². The van der Waals surface area contributed by atoms with Gasteiger partial charge in [0.25, 0.3) is 0 Å². The van der Waals surface area contributed by atoms with Gasteiger partial charge in [-0.2, -0.15) is 0 Å². The molecule has 4 nitrogen and oxygen atoms in total. The fraction of sp³-hybridized carbons (Fsp3) is 0.938. The molecule has 2 aliphatic rings. The molecule has 1 amide bonds. The number of amides is 1. The molecule has 0 aromatic heterocycles. The Balaban J connectivity index is 1.84. The molecular formula is C16H31N3O. The maximum atomic E-state index is 12.2. The molecule has 2 saturated carbocycles. The van der Waals surface area contributed by atoms with E-state index in [1.807, 2.05) is 14.1 Å². The van der Waals surface area contributed by atoms with Crippen LogP contribution in [0.15, 0.2) is 0 Å². The normalized spacial score (nSPS) is 34.7. The number of likely N-dealkylation sites (N-methyl/N-ethyl adjacent to an activating group) is 1. The first kappa shape index (κ1) is 15.8. The van der Waals surface area contributed by atoms with Gasteiger partial charge in [-0.15, -0.1) is 0 Å². The summed E-state index contributed by atoms with van der Waals surface area (Å²) in [7, 11) is 4.08. The molecule has 0 unspecified atom stereocenters. The van der Waals surface area contributed by atoms with E-state index in [0.717, 1.165) is 19.0 Å². The van der Waals surface area contributed by atoms with E-state index in [2.05, 4.69) is 36.3 Å². The van der Waals surface area contributed by atoms with Crippen LogP contribution in [-0.2, 0) is 4.79 Å². The van der Waals surface area contributed by atoms with E-state index in [9.17, 15) is 4.79 Å². The number of fused-ring (bicyclic) bond motifs is 2. The van der Waals surface area contributed by atoms with Crippen molar-refractivity contribution < 1.29 is 4.79 Å². The Morgan fingerprint density at radius 2 is 1.85 bits per heavy atom. The second kappa shape index (κ2) is 5.64. The predicted octanol–water partition coefficient (Wildman–Crippen LogP) is 1.47. The minimum absolute atomic E-state index is 0.0315. The Hall–Kier alpha value is -0.610. The van der Waals surface area contributed by atoms with Crippen molar-refractivity contribution in [1.82, 2.24) is 15.5 Å². The van der Waals surface area contributed by atoms with Gasteiger partial charge in [0, 0.05) is 18.6 Å². The van der Waals surface area contributed by atoms with Crippen molar-refractivity contribution in [1.29, 1.82) is 0 Å². The van der Waals surface area contributed by atoms with Gasteiger partial charge in [-0.25, -0.2) is 0 Å². The average molecular weight is 281 g/mol. The van der Waals surface area contributed by atoms with E-state index in [1.165, 1.54) is 19.3 Å². The van der Waals surface area contributed by atoms with Gasteiger partial charge in [-0.3, -0.25) is 4.79 Å². The largest absolute Gasteiger partial charge is 0.349 e. The van der Waals surface area contributed by atoms with Crippen LogP contribution >= 0.6 is 0 Å². The highest BCUT2D eigenvalue weighted by molar-refractivity contribution is 5.79. The summed E-state index contributed by atoms with van der Waals surface area (Å²) in [5.74, 6) is 1.58. The molecule has 0 aromatic rings. The maximum absolute atomic E-state index is 12.2. The summed E-state index contributed by atoms with van der Waals surface area (Å²) < 4.78 is 0. The highest BCUT2D eigenvalue weighted by Crippen LogP contribution is 2.61. The van der Waals surface area contributed by atoms with Crippen molar-refractivity contribution in [2.75, 3.05) is 33.7 Å². The van der Waals surface area contributed by atoms with Crippen LogP contribution in [0.5, 0.6) is 0 Å². The number of carbonyl (C=O) groups excluding carboxylic acids is 1. The molecule has 2 N–H and O–H groups in total. The molecule has 0 saturated heterocycles. The second-order valence-electron chi connectivity index (χ2n) is 7.66. The molecule has 2 aliphatic carbocycles. The van der Waals surface area contributed by atoms with Crippen LogP contribution in [-0.4, -0.2) is 50.1 Å². The smallest absolute Gasteiger partial charge is 0.234 e. The van der Waals surface area contributed by atoms with Gasteiger partial charge in [0.15, 0.2) is 0 Å². The molecule has 0 heterocycles. The SMILES string of the molecule is CN(C)CCNCC(=O)N[C@]1(C)[C@H]2CC[C@H](C2)C1(C)C. The van der Waals surface area contributed by atoms with Gasteiger partial charge in [0.1, 0.15) is 0 Å². The molecule has 0 spiro atoms. The van der Waals surface area contributed by atoms with Gasteiger partial charge in [-0.1, -0.05) is 13.8 Å². The Morgan fingerprint density at radius 1 is 1.20 bits per heavy atom. The predicted molar refractivity (Wildman–Crippen MR) is 82.6 cm³/mol. The third-order valence-electron chi connectivity index (χ3n) is 6.03. The number of hydrogen-bond donors (Lipinski definition) is 2. The monoisotopic (exact) mass is 281 g/mol. The molecule has 3 atom stereocenters. The fourth-order valence-electron chi connectivity index (χ4n) is 4.21. The zero-order valence-electron chi connectivity index (χ0n) is 13.8. The lowest BCUT2D eigenvalue weighted by Gasteiger charge is -2.48. The molecule has 2 bridgehead atoms. The zero-order chi connectivity index (χ0) is 15.0. The topological polar surface area (TPSA) is 44.4 Å². The summed E-state index contributed by atoms with van der Waals surface area (Å²) >= 11 is 0. The van der Waals surface area contributed by atoms with Gasteiger partial charge in [0.2, 0.25) is 5.91 Å². The number of carbonyl (C=O) groups is 1. The van der Waals surface area contributed by atoms with Gasteiger partial charge in [-0.05, 0) is 57.5 Å². The van der Waals surface area contributed by atoms with E-state index in [1.54, 1.807) is 0 Å². The summed E-state index contributed by atoms with van der Waals surface area (Å²) in [5, 5.41) is 6.58. The maximum Gasteiger partial charge on any atom is 0.234 e. The van der Waals surface area contributed by atoms with Gasteiger partial charge >= 0.3 is 0 Å².